The average molecular weight is 346 g/mol. The molecule has 1 aliphatic carbocycles. The zero-order valence-electron chi connectivity index (χ0n) is 12.7. The quantitative estimate of drug-likeness (QED) is 0.906. The van der Waals surface area contributed by atoms with E-state index in [0.717, 1.165) is 18.6 Å². The summed E-state index contributed by atoms with van der Waals surface area (Å²) in [5, 5.41) is 0. The van der Waals surface area contributed by atoms with Crippen molar-refractivity contribution in [2.24, 2.45) is 0 Å². The van der Waals surface area contributed by atoms with Crippen LogP contribution in [0.2, 0.25) is 0 Å². The first-order valence-electron chi connectivity index (χ1n) is 7.76. The first-order valence-corrected chi connectivity index (χ1v) is 9.20. The third kappa shape index (κ3) is 3.26. The van der Waals surface area contributed by atoms with Gasteiger partial charge in [-0.15, -0.1) is 0 Å². The molecule has 2 aliphatic rings. The average Bonchev–Trinajstić information content (AvgIpc) is 2.73. The van der Waals surface area contributed by atoms with Crippen molar-refractivity contribution in [3.8, 4) is 0 Å². The van der Waals surface area contributed by atoms with Gasteiger partial charge >= 0.3 is 0 Å². The molecule has 1 saturated heterocycles. The Balaban J connectivity index is 1.89. The van der Waals surface area contributed by atoms with Crippen LogP contribution in [0.15, 0.2) is 18.2 Å². The fraction of sp³-hybridized carbons (Fsp3) is 0.600. The van der Waals surface area contributed by atoms with Gasteiger partial charge in [-0.05, 0) is 37.8 Å². The molecule has 0 spiro atoms. The van der Waals surface area contributed by atoms with E-state index in [-0.39, 0.29) is 12.1 Å². The molecule has 0 unspecified atom stereocenters. The topological polar surface area (TPSA) is 58.6 Å². The van der Waals surface area contributed by atoms with Gasteiger partial charge in [0, 0.05) is 25.3 Å². The lowest BCUT2D eigenvalue weighted by Crippen LogP contribution is -2.56. The smallest absolute Gasteiger partial charge is 0.280 e. The van der Waals surface area contributed by atoms with Crippen LogP contribution in [0, 0.1) is 11.6 Å². The standard InChI is InChI=1S/C15H20F2N2O3S/c16-12-4-1-5-13(17)14(12)15(6-2-7-15)18-23(20,21)19-8-3-10-22-11-9-19/h1,4-5,18H,2-3,6-11H2. The molecule has 0 amide bonds. The maximum atomic E-state index is 14.1. The van der Waals surface area contributed by atoms with Gasteiger partial charge < -0.3 is 4.74 Å². The van der Waals surface area contributed by atoms with Gasteiger partial charge in [-0.2, -0.15) is 17.4 Å². The van der Waals surface area contributed by atoms with E-state index in [1.165, 1.54) is 10.4 Å². The van der Waals surface area contributed by atoms with Crippen molar-refractivity contribution >= 4 is 10.2 Å². The van der Waals surface area contributed by atoms with Crippen LogP contribution in [0.1, 0.15) is 31.2 Å². The predicted octanol–water partition coefficient (Wildman–Crippen LogP) is 1.90. The lowest BCUT2D eigenvalue weighted by Gasteiger charge is -2.43. The Labute approximate surface area is 134 Å². The summed E-state index contributed by atoms with van der Waals surface area (Å²) in [7, 11) is -3.84. The van der Waals surface area contributed by atoms with Crippen LogP contribution in [-0.4, -0.2) is 39.0 Å². The van der Waals surface area contributed by atoms with E-state index in [1.54, 1.807) is 0 Å². The van der Waals surface area contributed by atoms with Crippen LogP contribution in [-0.2, 0) is 20.5 Å². The van der Waals surface area contributed by atoms with E-state index in [1.807, 2.05) is 0 Å². The van der Waals surface area contributed by atoms with Gasteiger partial charge in [0.1, 0.15) is 11.6 Å². The summed E-state index contributed by atoms with van der Waals surface area (Å²) in [6, 6.07) is 3.60. The zero-order chi connectivity index (χ0) is 16.5. The molecule has 8 heteroatoms. The monoisotopic (exact) mass is 346 g/mol. The Morgan fingerprint density at radius 1 is 1.09 bits per heavy atom. The molecule has 1 aliphatic heterocycles. The van der Waals surface area contributed by atoms with Crippen molar-refractivity contribution in [1.29, 1.82) is 0 Å². The highest BCUT2D eigenvalue weighted by atomic mass is 32.2. The molecule has 128 valence electrons. The number of hydrogen-bond acceptors (Lipinski definition) is 3. The minimum Gasteiger partial charge on any atom is -0.380 e. The fourth-order valence-electron chi connectivity index (χ4n) is 3.16. The Hall–Kier alpha value is -1.09. The van der Waals surface area contributed by atoms with Crippen molar-refractivity contribution < 1.29 is 21.9 Å². The minimum absolute atomic E-state index is 0.180. The number of rotatable bonds is 4. The molecule has 0 aromatic heterocycles. The van der Waals surface area contributed by atoms with Crippen molar-refractivity contribution in [3.05, 3.63) is 35.4 Å². The molecule has 3 rings (SSSR count). The molecule has 23 heavy (non-hydrogen) atoms. The number of benzene rings is 1. The summed E-state index contributed by atoms with van der Waals surface area (Å²) in [5.74, 6) is -1.43. The molecular formula is C15H20F2N2O3S. The summed E-state index contributed by atoms with van der Waals surface area (Å²) >= 11 is 0. The SMILES string of the molecule is O=S(=O)(NC1(c2c(F)cccc2F)CCC1)N1CCCOCC1. The molecule has 1 N–H and O–H groups in total. The van der Waals surface area contributed by atoms with Gasteiger partial charge in [0.2, 0.25) is 0 Å². The fourth-order valence-corrected chi connectivity index (χ4v) is 4.78. The summed E-state index contributed by atoms with van der Waals surface area (Å²) in [4.78, 5) is 0. The van der Waals surface area contributed by atoms with Crippen LogP contribution in [0.25, 0.3) is 0 Å². The third-order valence-corrected chi connectivity index (χ3v) is 6.19. The van der Waals surface area contributed by atoms with E-state index in [4.69, 9.17) is 4.74 Å². The number of ether oxygens (including phenoxy) is 1. The third-order valence-electron chi connectivity index (χ3n) is 4.49. The Morgan fingerprint density at radius 2 is 1.78 bits per heavy atom. The second kappa shape index (κ2) is 6.43. The molecule has 1 aromatic carbocycles. The predicted molar refractivity (Wildman–Crippen MR) is 81.0 cm³/mol. The first-order chi connectivity index (χ1) is 10.9. The van der Waals surface area contributed by atoms with Gasteiger partial charge in [-0.3, -0.25) is 0 Å². The molecule has 1 aromatic rings. The van der Waals surface area contributed by atoms with E-state index in [0.29, 0.717) is 39.0 Å². The van der Waals surface area contributed by atoms with Crippen molar-refractivity contribution in [2.75, 3.05) is 26.3 Å². The van der Waals surface area contributed by atoms with Crippen LogP contribution in [0.5, 0.6) is 0 Å². The van der Waals surface area contributed by atoms with Crippen molar-refractivity contribution in [2.45, 2.75) is 31.2 Å². The largest absolute Gasteiger partial charge is 0.380 e. The second-order valence-corrected chi connectivity index (χ2v) is 7.68. The van der Waals surface area contributed by atoms with Gasteiger partial charge in [0.05, 0.1) is 12.1 Å². The van der Waals surface area contributed by atoms with Crippen molar-refractivity contribution in [3.63, 3.8) is 0 Å². The van der Waals surface area contributed by atoms with E-state index in [2.05, 4.69) is 4.72 Å². The summed E-state index contributed by atoms with van der Waals surface area (Å²) < 4.78 is 62.7. The minimum atomic E-state index is -3.84. The molecule has 5 nitrogen and oxygen atoms in total. The Morgan fingerprint density at radius 3 is 2.39 bits per heavy atom. The van der Waals surface area contributed by atoms with Crippen LogP contribution >= 0.6 is 0 Å². The summed E-state index contributed by atoms with van der Waals surface area (Å²) in [6.07, 6.45) is 2.09. The van der Waals surface area contributed by atoms with E-state index < -0.39 is 27.4 Å². The zero-order valence-corrected chi connectivity index (χ0v) is 13.5. The van der Waals surface area contributed by atoms with Crippen LogP contribution in [0.4, 0.5) is 8.78 Å². The first kappa shape index (κ1) is 16.8. The molecule has 2 fully saturated rings. The molecule has 1 saturated carbocycles. The highest BCUT2D eigenvalue weighted by Crippen LogP contribution is 2.44. The summed E-state index contributed by atoms with van der Waals surface area (Å²) in [5.41, 5.74) is -1.37. The number of nitrogens with one attached hydrogen (secondary N) is 1. The number of halogens is 2. The maximum Gasteiger partial charge on any atom is 0.280 e. The lowest BCUT2D eigenvalue weighted by atomic mass is 9.72. The normalized spacial score (nSPS) is 22.3. The number of nitrogens with zero attached hydrogens (tertiary/aromatic N) is 1. The molecule has 0 bridgehead atoms. The Kier molecular flexibility index (Phi) is 4.68. The van der Waals surface area contributed by atoms with Crippen LogP contribution in [0.3, 0.4) is 0 Å². The lowest BCUT2D eigenvalue weighted by molar-refractivity contribution is 0.147. The van der Waals surface area contributed by atoms with Gasteiger partial charge in [0.25, 0.3) is 10.2 Å². The molecule has 0 radical (unpaired) electrons. The van der Waals surface area contributed by atoms with Crippen LogP contribution < -0.4 is 4.72 Å². The number of hydrogen-bond donors (Lipinski definition) is 1. The second-order valence-electron chi connectivity index (χ2n) is 6.00. The highest BCUT2D eigenvalue weighted by Gasteiger charge is 2.46. The Bertz CT molecular complexity index is 649. The molecule has 1 heterocycles. The van der Waals surface area contributed by atoms with E-state index in [9.17, 15) is 17.2 Å². The summed E-state index contributed by atoms with van der Waals surface area (Å²) in [6.45, 7) is 1.41. The molecule has 0 atom stereocenters. The van der Waals surface area contributed by atoms with Gasteiger partial charge in [0.15, 0.2) is 0 Å². The molecular weight excluding hydrogens is 326 g/mol. The van der Waals surface area contributed by atoms with E-state index >= 15 is 0 Å². The van der Waals surface area contributed by atoms with Gasteiger partial charge in [-0.1, -0.05) is 6.07 Å². The highest BCUT2D eigenvalue weighted by molar-refractivity contribution is 7.87. The maximum absolute atomic E-state index is 14.1. The van der Waals surface area contributed by atoms with Gasteiger partial charge in [-0.25, -0.2) is 8.78 Å². The van der Waals surface area contributed by atoms with Crippen molar-refractivity contribution in [1.82, 2.24) is 9.03 Å².